The van der Waals surface area contributed by atoms with Gasteiger partial charge in [-0.3, -0.25) is 43.2 Å². The third-order valence-electron chi connectivity index (χ3n) is 9.36. The van der Waals surface area contributed by atoms with Crippen LogP contribution >= 0.6 is 0 Å². The Bertz CT molecular complexity index is 1900. The van der Waals surface area contributed by atoms with Gasteiger partial charge in [-0.05, 0) is 47.9 Å². The molecule has 352 valence electrons. The summed E-state index contributed by atoms with van der Waals surface area (Å²) in [6.45, 7) is 3.79. The average Bonchev–Trinajstić information content (AvgIpc) is 3.25. The highest BCUT2D eigenvalue weighted by Gasteiger charge is 2.33. The second kappa shape index (κ2) is 27.4. The van der Waals surface area contributed by atoms with E-state index < -0.39 is 116 Å². The van der Waals surface area contributed by atoms with Gasteiger partial charge in [-0.2, -0.15) is 0 Å². The molecular formula is C42H62N10O12. The predicted molar refractivity (Wildman–Crippen MR) is 231 cm³/mol. The Balaban J connectivity index is 2.32. The van der Waals surface area contributed by atoms with Crippen LogP contribution in [0.3, 0.4) is 0 Å². The molecule has 22 heteroatoms. The van der Waals surface area contributed by atoms with Gasteiger partial charge in [-0.25, -0.2) is 0 Å². The molecule has 0 radical (unpaired) electrons. The first-order valence-corrected chi connectivity index (χ1v) is 20.6. The monoisotopic (exact) mass is 898 g/mol. The molecule has 2 rings (SSSR count). The molecule has 0 aromatic heterocycles. The Hall–Kier alpha value is -6.65. The molecule has 9 amide bonds. The Kier molecular flexibility index (Phi) is 22.9. The number of rotatable bonds is 27. The molecule has 6 atom stereocenters. The lowest BCUT2D eigenvalue weighted by atomic mass is 10.0. The predicted octanol–water partition coefficient (Wildman–Crippen LogP) is -4.16. The smallest absolute Gasteiger partial charge is 0.245 e. The number of aliphatic hydroxyl groups excluding tert-OH is 2. The molecule has 0 unspecified atom stereocenters. The number of phenolic OH excluding ortho intramolecular Hbond substituents is 1. The Morgan fingerprint density at radius 2 is 0.906 bits per heavy atom. The van der Waals surface area contributed by atoms with Crippen molar-refractivity contribution in [2.24, 2.45) is 23.3 Å². The number of aliphatic hydroxyl groups is 2. The molecule has 64 heavy (non-hydrogen) atoms. The number of nitrogens with two attached hydrogens (primary N) is 2. The van der Waals surface area contributed by atoms with Gasteiger partial charge < -0.3 is 69.3 Å². The van der Waals surface area contributed by atoms with Gasteiger partial charge in [0.15, 0.2) is 0 Å². The van der Waals surface area contributed by atoms with E-state index in [9.17, 15) is 58.5 Å². The highest BCUT2D eigenvalue weighted by Crippen LogP contribution is 2.13. The van der Waals surface area contributed by atoms with Gasteiger partial charge in [0, 0.05) is 12.8 Å². The van der Waals surface area contributed by atoms with E-state index >= 15 is 0 Å². The second-order valence-corrected chi connectivity index (χ2v) is 15.8. The number of nitrogens with one attached hydrogen (secondary N) is 8. The van der Waals surface area contributed by atoms with Crippen molar-refractivity contribution in [2.45, 2.75) is 89.6 Å². The van der Waals surface area contributed by atoms with Crippen LogP contribution in [0.4, 0.5) is 0 Å². The SMILES string of the molecule is CC(C)C[C@H](NC(=O)CNC(=O)[C@H](Cc1ccccc1)NC(=O)[C@H](CO)NC(=O)[C@H](Cc1ccc(O)cc1)NC(=O)[C@H](CC(C)C)NC(=O)[C@H](CO)NC(=O)CNC(=O)CN)C(N)=O. The number of hydrogen-bond acceptors (Lipinski definition) is 13. The summed E-state index contributed by atoms with van der Waals surface area (Å²) in [4.78, 5) is 117. The normalized spacial score (nSPS) is 13.8. The first-order valence-electron chi connectivity index (χ1n) is 20.6. The van der Waals surface area contributed by atoms with Crippen LogP contribution in [0, 0.1) is 11.8 Å². The molecule has 22 nitrogen and oxygen atoms in total. The molecule has 0 saturated carbocycles. The fraction of sp³-hybridized carbons (Fsp3) is 0.500. The Labute approximate surface area is 370 Å². The van der Waals surface area contributed by atoms with Crippen molar-refractivity contribution in [1.29, 1.82) is 0 Å². The average molecular weight is 899 g/mol. The fourth-order valence-corrected chi connectivity index (χ4v) is 6.07. The topological polar surface area (TPSA) is 363 Å². The van der Waals surface area contributed by atoms with Crippen LogP contribution in [0.2, 0.25) is 0 Å². The highest BCUT2D eigenvalue weighted by molar-refractivity contribution is 5.97. The van der Waals surface area contributed by atoms with Gasteiger partial charge in [-0.1, -0.05) is 70.2 Å². The third-order valence-corrected chi connectivity index (χ3v) is 9.36. The standard InChI is InChI=1S/C42H62N10O12/c1-23(2)14-28(37(44)59)47-36(58)20-46-38(60)30(16-25-8-6-5-7-9-25)50-42(64)33(22-54)52-40(62)31(17-26-10-12-27(55)13-11-26)51-39(61)29(15-24(3)4)49-41(63)32(21-53)48-35(57)19-45-34(56)18-43/h5-13,23-24,28-33,53-55H,14-22,43H2,1-4H3,(H2,44,59)(H,45,56)(H,46,60)(H,47,58)(H,48,57)(H,49,63)(H,50,64)(H,51,61)(H,52,62)/t28-,29-,30-,31-,32-,33-/m0/s1. The minimum Gasteiger partial charge on any atom is -0.508 e. The first-order chi connectivity index (χ1) is 30.3. The number of aromatic hydroxyl groups is 1. The molecule has 15 N–H and O–H groups in total. The molecule has 0 spiro atoms. The van der Waals surface area contributed by atoms with Crippen LogP contribution in [0.1, 0.15) is 51.7 Å². The lowest BCUT2D eigenvalue weighted by molar-refractivity contribution is -0.136. The molecule has 0 saturated heterocycles. The number of carbonyl (C=O) groups excluding carboxylic acids is 9. The summed E-state index contributed by atoms with van der Waals surface area (Å²) in [5.41, 5.74) is 11.7. The van der Waals surface area contributed by atoms with Crippen LogP contribution < -0.4 is 54.0 Å². The van der Waals surface area contributed by atoms with E-state index in [0.717, 1.165) is 0 Å². The molecule has 0 aliphatic heterocycles. The summed E-state index contributed by atoms with van der Waals surface area (Å²) in [6.07, 6.45) is -0.0331. The van der Waals surface area contributed by atoms with E-state index in [1.165, 1.54) is 24.3 Å². The van der Waals surface area contributed by atoms with E-state index in [1.54, 1.807) is 44.2 Å². The summed E-state index contributed by atoms with van der Waals surface area (Å²) in [7, 11) is 0. The zero-order chi connectivity index (χ0) is 47.9. The minimum atomic E-state index is -1.69. The summed E-state index contributed by atoms with van der Waals surface area (Å²) >= 11 is 0. The highest BCUT2D eigenvalue weighted by atomic mass is 16.3. The van der Waals surface area contributed by atoms with Gasteiger partial charge in [-0.15, -0.1) is 0 Å². The van der Waals surface area contributed by atoms with E-state index in [0.29, 0.717) is 11.1 Å². The Morgan fingerprint density at radius 1 is 0.500 bits per heavy atom. The number of carbonyl (C=O) groups is 9. The maximum Gasteiger partial charge on any atom is 0.245 e. The maximum atomic E-state index is 14.0. The van der Waals surface area contributed by atoms with E-state index in [-0.39, 0.29) is 49.8 Å². The number of primary amides is 1. The van der Waals surface area contributed by atoms with Crippen LogP contribution in [0.15, 0.2) is 54.6 Å². The van der Waals surface area contributed by atoms with Gasteiger partial charge in [0.05, 0.1) is 32.8 Å². The van der Waals surface area contributed by atoms with Crippen molar-refractivity contribution in [3.8, 4) is 5.75 Å². The van der Waals surface area contributed by atoms with Crippen molar-refractivity contribution >= 4 is 53.2 Å². The molecular weight excluding hydrogens is 837 g/mol. The molecule has 0 fully saturated rings. The molecule has 0 aliphatic rings. The van der Waals surface area contributed by atoms with Crippen LogP contribution in [-0.2, 0) is 56.0 Å². The molecule has 2 aromatic carbocycles. The van der Waals surface area contributed by atoms with Crippen molar-refractivity contribution in [3.63, 3.8) is 0 Å². The number of amides is 9. The zero-order valence-corrected chi connectivity index (χ0v) is 36.3. The number of hydrogen-bond donors (Lipinski definition) is 13. The largest absolute Gasteiger partial charge is 0.508 e. The van der Waals surface area contributed by atoms with Crippen molar-refractivity contribution in [2.75, 3.05) is 32.8 Å². The quantitative estimate of drug-likeness (QED) is 0.0406. The maximum absolute atomic E-state index is 14.0. The van der Waals surface area contributed by atoms with Crippen molar-refractivity contribution in [1.82, 2.24) is 42.5 Å². The summed E-state index contributed by atoms with van der Waals surface area (Å²) in [5.74, 6) is -7.88. The van der Waals surface area contributed by atoms with Gasteiger partial charge in [0.25, 0.3) is 0 Å². The molecule has 0 heterocycles. The lowest BCUT2D eigenvalue weighted by Gasteiger charge is -2.27. The lowest BCUT2D eigenvalue weighted by Crippen LogP contribution is -2.61. The first kappa shape index (κ1) is 53.5. The van der Waals surface area contributed by atoms with Crippen LogP contribution in [0.5, 0.6) is 5.75 Å². The van der Waals surface area contributed by atoms with E-state index in [2.05, 4.69) is 42.5 Å². The second-order valence-electron chi connectivity index (χ2n) is 15.8. The fourth-order valence-electron chi connectivity index (χ4n) is 6.07. The number of benzene rings is 2. The molecule has 0 bridgehead atoms. The summed E-state index contributed by atoms with van der Waals surface area (Å²) in [6, 6.07) is 5.75. The Morgan fingerprint density at radius 3 is 1.41 bits per heavy atom. The minimum absolute atomic E-state index is 0.0155. The zero-order valence-electron chi connectivity index (χ0n) is 36.3. The summed E-state index contributed by atoms with van der Waals surface area (Å²) in [5, 5.41) is 49.3. The van der Waals surface area contributed by atoms with Crippen LogP contribution in [0.25, 0.3) is 0 Å². The van der Waals surface area contributed by atoms with Crippen molar-refractivity contribution in [3.05, 3.63) is 65.7 Å². The van der Waals surface area contributed by atoms with Crippen LogP contribution in [-0.4, -0.2) is 138 Å². The van der Waals surface area contributed by atoms with Gasteiger partial charge in [0.2, 0.25) is 53.2 Å². The van der Waals surface area contributed by atoms with Gasteiger partial charge >= 0.3 is 0 Å². The van der Waals surface area contributed by atoms with Gasteiger partial charge in [0.1, 0.15) is 42.0 Å². The molecule has 2 aromatic rings. The number of phenols is 1. The van der Waals surface area contributed by atoms with E-state index in [4.69, 9.17) is 11.5 Å². The van der Waals surface area contributed by atoms with Crippen molar-refractivity contribution < 1.29 is 58.5 Å². The van der Waals surface area contributed by atoms with E-state index in [1.807, 2.05) is 13.8 Å². The third kappa shape index (κ3) is 19.6. The molecule has 0 aliphatic carbocycles. The summed E-state index contributed by atoms with van der Waals surface area (Å²) < 4.78 is 0.